The molecule has 1 aliphatic heterocycles. The molecule has 0 radical (unpaired) electrons. The minimum absolute atomic E-state index is 0.102. The van der Waals surface area contributed by atoms with Crippen LogP contribution in [0, 0.1) is 0 Å². The van der Waals surface area contributed by atoms with Gasteiger partial charge in [-0.1, -0.05) is 12.1 Å². The molecule has 2 amide bonds. The van der Waals surface area contributed by atoms with Crippen LogP contribution in [-0.2, 0) is 4.79 Å². The maximum absolute atomic E-state index is 12.1. The molecule has 0 spiro atoms. The van der Waals surface area contributed by atoms with Crippen molar-refractivity contribution in [1.29, 1.82) is 0 Å². The molecule has 1 aromatic rings. The summed E-state index contributed by atoms with van der Waals surface area (Å²) in [6.07, 6.45) is 0. The van der Waals surface area contributed by atoms with E-state index in [0.29, 0.717) is 5.69 Å². The fourth-order valence-electron chi connectivity index (χ4n) is 1.88. The van der Waals surface area contributed by atoms with Gasteiger partial charge in [-0.2, -0.15) is 13.2 Å². The van der Waals surface area contributed by atoms with Crippen molar-refractivity contribution in [3.63, 3.8) is 0 Å². The first kappa shape index (κ1) is 14.7. The van der Waals surface area contributed by atoms with E-state index in [0.717, 1.165) is 0 Å². The minimum atomic E-state index is -4.33. The first-order chi connectivity index (χ1) is 9.38. The molecule has 0 fully saturated rings. The number of carbonyl (C=O) groups is 2. The number of benzene rings is 1. The molecule has 108 valence electrons. The zero-order valence-corrected chi connectivity index (χ0v) is 11.1. The fraction of sp³-hybridized carbons (Fsp3) is 0.333. The van der Waals surface area contributed by atoms with Crippen LogP contribution in [0.25, 0.3) is 0 Å². The van der Waals surface area contributed by atoms with Crippen LogP contribution in [-0.4, -0.2) is 36.2 Å². The van der Waals surface area contributed by atoms with Crippen molar-refractivity contribution in [1.82, 2.24) is 5.32 Å². The summed E-state index contributed by atoms with van der Waals surface area (Å²) in [6.45, 7) is -0.320. The van der Waals surface area contributed by atoms with Crippen molar-refractivity contribution in [3.05, 3.63) is 29.8 Å². The van der Waals surface area contributed by atoms with Gasteiger partial charge in [0, 0.05) is 12.3 Å². The van der Waals surface area contributed by atoms with E-state index < -0.39 is 17.3 Å². The Labute approximate surface area is 117 Å². The summed E-state index contributed by atoms with van der Waals surface area (Å²) in [4.78, 5) is 24.9. The van der Waals surface area contributed by atoms with Gasteiger partial charge in [0.1, 0.15) is 0 Å². The van der Waals surface area contributed by atoms with Crippen LogP contribution < -0.4 is 10.2 Å². The van der Waals surface area contributed by atoms with Crippen LogP contribution >= 0.6 is 11.8 Å². The van der Waals surface area contributed by atoms with Gasteiger partial charge in [0.15, 0.2) is 0 Å². The molecule has 0 unspecified atom stereocenters. The molecule has 0 atom stereocenters. The van der Waals surface area contributed by atoms with Crippen molar-refractivity contribution < 1.29 is 22.8 Å². The number of hydrogen-bond acceptors (Lipinski definition) is 3. The second-order valence-electron chi connectivity index (χ2n) is 4.04. The highest BCUT2D eigenvalue weighted by molar-refractivity contribution is 8.00. The topological polar surface area (TPSA) is 49.4 Å². The summed E-state index contributed by atoms with van der Waals surface area (Å²) in [5.41, 5.74) is -3.70. The Morgan fingerprint density at radius 2 is 1.95 bits per heavy atom. The largest absolute Gasteiger partial charge is 0.441 e. The van der Waals surface area contributed by atoms with Gasteiger partial charge >= 0.3 is 5.51 Å². The van der Waals surface area contributed by atoms with E-state index in [2.05, 4.69) is 5.32 Å². The number of amides is 2. The average molecular weight is 304 g/mol. The first-order valence-electron chi connectivity index (χ1n) is 5.77. The molecule has 2 rings (SSSR count). The lowest BCUT2D eigenvalue weighted by Gasteiger charge is -2.22. The number of thioether (sulfide) groups is 1. The van der Waals surface area contributed by atoms with E-state index in [9.17, 15) is 22.8 Å². The van der Waals surface area contributed by atoms with Gasteiger partial charge in [0.05, 0.1) is 17.8 Å². The third-order valence-electron chi connectivity index (χ3n) is 2.72. The maximum atomic E-state index is 12.1. The zero-order chi connectivity index (χ0) is 14.8. The molecular formula is C12H11F3N2O2S. The fourth-order valence-corrected chi connectivity index (χ4v) is 2.39. The van der Waals surface area contributed by atoms with E-state index >= 15 is 0 Å². The van der Waals surface area contributed by atoms with Gasteiger partial charge in [-0.05, 0) is 23.9 Å². The number of para-hydroxylation sites is 1. The number of fused-ring (bicyclic) bond motifs is 1. The Hall–Kier alpha value is -1.70. The number of alkyl halides is 3. The standard InChI is InChI=1S/C12H11F3N2O2S/c13-12(14,15)20-6-5-17-9-4-2-1-3-8(9)11(19)16-7-10(17)18/h1-4H,5-7H2,(H,16,19). The summed E-state index contributed by atoms with van der Waals surface area (Å²) in [5.74, 6) is -1.11. The smallest absolute Gasteiger partial charge is 0.343 e. The highest BCUT2D eigenvalue weighted by atomic mass is 32.2. The van der Waals surface area contributed by atoms with Crippen molar-refractivity contribution in [3.8, 4) is 0 Å². The Morgan fingerprint density at radius 1 is 1.25 bits per heavy atom. The van der Waals surface area contributed by atoms with Crippen molar-refractivity contribution in [2.24, 2.45) is 0 Å². The number of nitrogens with one attached hydrogen (secondary N) is 1. The predicted octanol–water partition coefficient (Wildman–Crippen LogP) is 2.02. The van der Waals surface area contributed by atoms with Crippen LogP contribution in [0.2, 0.25) is 0 Å². The molecule has 0 bridgehead atoms. The molecule has 1 N–H and O–H groups in total. The monoisotopic (exact) mass is 304 g/mol. The minimum Gasteiger partial charge on any atom is -0.343 e. The van der Waals surface area contributed by atoms with Crippen molar-refractivity contribution >= 4 is 29.3 Å². The van der Waals surface area contributed by atoms with Gasteiger partial charge in [-0.25, -0.2) is 0 Å². The second-order valence-corrected chi connectivity index (χ2v) is 5.20. The SMILES string of the molecule is O=C1NCC(=O)N(CCSC(F)(F)F)c2ccccc21. The van der Waals surface area contributed by atoms with Crippen molar-refractivity contribution in [2.75, 3.05) is 23.7 Å². The maximum Gasteiger partial charge on any atom is 0.441 e. The normalized spacial score (nSPS) is 15.7. The van der Waals surface area contributed by atoms with Gasteiger partial charge in [0.2, 0.25) is 5.91 Å². The van der Waals surface area contributed by atoms with Crippen LogP contribution in [0.5, 0.6) is 0 Å². The number of halogens is 3. The molecule has 0 saturated heterocycles. The van der Waals surface area contributed by atoms with E-state index in [-0.39, 0.29) is 36.2 Å². The van der Waals surface area contributed by atoms with Crippen molar-refractivity contribution in [2.45, 2.75) is 5.51 Å². The first-order valence-corrected chi connectivity index (χ1v) is 6.75. The Kier molecular flexibility index (Phi) is 4.22. The molecule has 1 aliphatic rings. The van der Waals surface area contributed by atoms with E-state index in [4.69, 9.17) is 0 Å². The number of anilines is 1. The Morgan fingerprint density at radius 3 is 2.65 bits per heavy atom. The summed E-state index contributed by atoms with van der Waals surface area (Å²) in [7, 11) is 0. The summed E-state index contributed by atoms with van der Waals surface area (Å²) < 4.78 is 36.4. The molecule has 1 heterocycles. The molecule has 1 aromatic carbocycles. The molecular weight excluding hydrogens is 293 g/mol. The molecule has 0 aliphatic carbocycles. The van der Waals surface area contributed by atoms with Gasteiger partial charge < -0.3 is 10.2 Å². The summed E-state index contributed by atoms with van der Waals surface area (Å²) >= 11 is -0.188. The molecule has 8 heteroatoms. The number of hydrogen-bond donors (Lipinski definition) is 1. The van der Waals surface area contributed by atoms with Crippen LogP contribution in [0.1, 0.15) is 10.4 Å². The third-order valence-corrected chi connectivity index (χ3v) is 3.44. The summed E-state index contributed by atoms with van der Waals surface area (Å²) in [5, 5.41) is 2.43. The van der Waals surface area contributed by atoms with Crippen LogP contribution in [0.3, 0.4) is 0 Å². The molecule has 20 heavy (non-hydrogen) atoms. The second kappa shape index (κ2) is 5.74. The lowest BCUT2D eigenvalue weighted by Crippen LogP contribution is -2.38. The van der Waals surface area contributed by atoms with E-state index in [1.807, 2.05) is 0 Å². The molecule has 0 aromatic heterocycles. The van der Waals surface area contributed by atoms with Gasteiger partial charge in [-0.3, -0.25) is 9.59 Å². The summed E-state index contributed by atoms with van der Waals surface area (Å²) in [6, 6.07) is 6.36. The number of nitrogens with zero attached hydrogens (tertiary/aromatic N) is 1. The highest BCUT2D eigenvalue weighted by Gasteiger charge is 2.30. The lowest BCUT2D eigenvalue weighted by atomic mass is 10.1. The number of carbonyl (C=O) groups excluding carboxylic acids is 2. The van der Waals surface area contributed by atoms with E-state index in [1.54, 1.807) is 18.2 Å². The van der Waals surface area contributed by atoms with E-state index in [1.165, 1.54) is 11.0 Å². The highest BCUT2D eigenvalue weighted by Crippen LogP contribution is 2.31. The lowest BCUT2D eigenvalue weighted by molar-refractivity contribution is -0.117. The quantitative estimate of drug-likeness (QED) is 0.929. The molecule has 4 nitrogen and oxygen atoms in total. The third kappa shape index (κ3) is 3.44. The zero-order valence-electron chi connectivity index (χ0n) is 10.2. The average Bonchev–Trinajstić information content (AvgIpc) is 2.50. The van der Waals surface area contributed by atoms with Crippen LogP contribution in [0.4, 0.5) is 18.9 Å². The van der Waals surface area contributed by atoms with Gasteiger partial charge in [0.25, 0.3) is 5.91 Å². The molecule has 0 saturated carbocycles. The Bertz CT molecular complexity index is 534. The predicted molar refractivity (Wildman–Crippen MR) is 69.6 cm³/mol. The van der Waals surface area contributed by atoms with Crippen LogP contribution in [0.15, 0.2) is 24.3 Å². The Balaban J connectivity index is 2.19. The number of rotatable bonds is 3. The van der Waals surface area contributed by atoms with Gasteiger partial charge in [-0.15, -0.1) is 0 Å².